The van der Waals surface area contributed by atoms with E-state index >= 15 is 0 Å². The summed E-state index contributed by atoms with van der Waals surface area (Å²) < 4.78 is 10.6. The highest BCUT2D eigenvalue weighted by molar-refractivity contribution is 5.92. The third kappa shape index (κ3) is 2.39. The Morgan fingerprint density at radius 1 is 1.16 bits per heavy atom. The molecule has 1 aliphatic heterocycles. The fourth-order valence-corrected chi connectivity index (χ4v) is 2.58. The lowest BCUT2D eigenvalue weighted by molar-refractivity contribution is -0.124. The van der Waals surface area contributed by atoms with Crippen molar-refractivity contribution >= 4 is 11.5 Å². The first-order chi connectivity index (χ1) is 9.00. The monoisotopic (exact) mass is 263 g/mol. The third-order valence-corrected chi connectivity index (χ3v) is 3.82. The van der Waals surface area contributed by atoms with Gasteiger partial charge in [-0.3, -0.25) is 4.79 Å². The Kier molecular flexibility index (Phi) is 3.69. The molecule has 19 heavy (non-hydrogen) atoms. The Labute approximate surface area is 114 Å². The standard InChI is InChI=1S/C15H21NO3/c1-15(2)14(17)6-5-9-16(15)11-7-8-12(18-3)13(10-11)19-4/h7-8,10H,5-6,9H2,1-4H3. The van der Waals surface area contributed by atoms with Crippen LogP contribution in [0.5, 0.6) is 11.5 Å². The molecule has 4 nitrogen and oxygen atoms in total. The number of Topliss-reactive ketones (excluding diaryl/α,β-unsaturated/α-hetero) is 1. The molecule has 0 bridgehead atoms. The molecule has 0 radical (unpaired) electrons. The Morgan fingerprint density at radius 3 is 2.47 bits per heavy atom. The van der Waals surface area contributed by atoms with E-state index in [4.69, 9.17) is 9.47 Å². The molecule has 0 spiro atoms. The Balaban J connectivity index is 2.38. The van der Waals surface area contributed by atoms with E-state index in [0.717, 1.165) is 18.7 Å². The molecule has 1 aliphatic rings. The SMILES string of the molecule is COc1ccc(N2CCCC(=O)C2(C)C)cc1OC. The Morgan fingerprint density at radius 2 is 1.84 bits per heavy atom. The molecule has 4 heteroatoms. The van der Waals surface area contributed by atoms with Gasteiger partial charge >= 0.3 is 0 Å². The quantitative estimate of drug-likeness (QED) is 0.840. The molecule has 104 valence electrons. The number of carbonyl (C=O) groups excluding carboxylic acids is 1. The summed E-state index contributed by atoms with van der Waals surface area (Å²) in [5.74, 6) is 1.68. The number of methoxy groups -OCH3 is 2. The minimum absolute atomic E-state index is 0.286. The van der Waals surface area contributed by atoms with Crippen molar-refractivity contribution in [1.29, 1.82) is 0 Å². The predicted molar refractivity (Wildman–Crippen MR) is 75.2 cm³/mol. The molecule has 1 saturated heterocycles. The number of hydrogen-bond acceptors (Lipinski definition) is 4. The fraction of sp³-hybridized carbons (Fsp3) is 0.533. The lowest BCUT2D eigenvalue weighted by Crippen LogP contribution is -2.54. The summed E-state index contributed by atoms with van der Waals surface area (Å²) >= 11 is 0. The van der Waals surface area contributed by atoms with Crippen LogP contribution in [0.3, 0.4) is 0 Å². The van der Waals surface area contributed by atoms with Crippen molar-refractivity contribution in [3.63, 3.8) is 0 Å². The van der Waals surface area contributed by atoms with Crippen molar-refractivity contribution < 1.29 is 14.3 Å². The van der Waals surface area contributed by atoms with Gasteiger partial charge in [0.1, 0.15) is 0 Å². The first-order valence-electron chi connectivity index (χ1n) is 6.53. The average Bonchev–Trinajstić information content (AvgIpc) is 2.41. The number of hydrogen-bond donors (Lipinski definition) is 0. The highest BCUT2D eigenvalue weighted by Gasteiger charge is 2.37. The molecule has 0 unspecified atom stereocenters. The summed E-state index contributed by atoms with van der Waals surface area (Å²) in [6.45, 7) is 4.84. The highest BCUT2D eigenvalue weighted by atomic mass is 16.5. The zero-order valence-electron chi connectivity index (χ0n) is 12.0. The van der Waals surface area contributed by atoms with Crippen LogP contribution in [0.2, 0.25) is 0 Å². The smallest absolute Gasteiger partial charge is 0.162 e. The van der Waals surface area contributed by atoms with Gasteiger partial charge < -0.3 is 14.4 Å². The zero-order chi connectivity index (χ0) is 14.0. The van der Waals surface area contributed by atoms with Gasteiger partial charge in [-0.2, -0.15) is 0 Å². The minimum atomic E-state index is -0.460. The molecule has 0 atom stereocenters. The molecule has 0 aliphatic carbocycles. The average molecular weight is 263 g/mol. The second-order valence-electron chi connectivity index (χ2n) is 5.28. The van der Waals surface area contributed by atoms with Crippen LogP contribution in [0.25, 0.3) is 0 Å². The van der Waals surface area contributed by atoms with Gasteiger partial charge in [0.2, 0.25) is 0 Å². The maximum Gasteiger partial charge on any atom is 0.162 e. The van der Waals surface area contributed by atoms with Gasteiger partial charge in [0.25, 0.3) is 0 Å². The number of benzene rings is 1. The number of rotatable bonds is 3. The van der Waals surface area contributed by atoms with Gasteiger partial charge in [0, 0.05) is 24.7 Å². The maximum absolute atomic E-state index is 12.1. The summed E-state index contributed by atoms with van der Waals surface area (Å²) in [7, 11) is 3.24. The second kappa shape index (κ2) is 5.11. The van der Waals surface area contributed by atoms with E-state index < -0.39 is 5.54 Å². The van der Waals surface area contributed by atoms with Crippen LogP contribution in [-0.2, 0) is 4.79 Å². The second-order valence-corrected chi connectivity index (χ2v) is 5.28. The maximum atomic E-state index is 12.1. The summed E-state index contributed by atoms with van der Waals surface area (Å²) in [5, 5.41) is 0. The van der Waals surface area contributed by atoms with Gasteiger partial charge in [0.15, 0.2) is 17.3 Å². The highest BCUT2D eigenvalue weighted by Crippen LogP contribution is 2.36. The van der Waals surface area contributed by atoms with Gasteiger partial charge in [-0.05, 0) is 32.4 Å². The van der Waals surface area contributed by atoms with Gasteiger partial charge in [0.05, 0.1) is 19.8 Å². The van der Waals surface area contributed by atoms with Crippen molar-refractivity contribution in [2.24, 2.45) is 0 Å². The van der Waals surface area contributed by atoms with E-state index in [1.54, 1.807) is 14.2 Å². The van der Waals surface area contributed by atoms with Crippen molar-refractivity contribution in [2.75, 3.05) is 25.7 Å². The van der Waals surface area contributed by atoms with E-state index in [1.807, 2.05) is 32.0 Å². The summed E-state index contributed by atoms with van der Waals surface area (Å²) in [4.78, 5) is 14.2. The van der Waals surface area contributed by atoms with E-state index in [-0.39, 0.29) is 5.78 Å². The molecule has 1 heterocycles. The molecule has 1 aromatic rings. The lowest BCUT2D eigenvalue weighted by Gasteiger charge is -2.42. The number of anilines is 1. The molecule has 1 fully saturated rings. The number of nitrogens with zero attached hydrogens (tertiary/aromatic N) is 1. The van der Waals surface area contributed by atoms with Crippen LogP contribution in [-0.4, -0.2) is 32.1 Å². The lowest BCUT2D eigenvalue weighted by atomic mass is 9.88. The normalized spacial score (nSPS) is 18.3. The number of ether oxygens (including phenoxy) is 2. The summed E-state index contributed by atoms with van der Waals surface area (Å²) in [6, 6.07) is 5.78. The van der Waals surface area contributed by atoms with Crippen molar-refractivity contribution in [2.45, 2.75) is 32.2 Å². The van der Waals surface area contributed by atoms with Crippen molar-refractivity contribution in [1.82, 2.24) is 0 Å². The predicted octanol–water partition coefficient (Wildman–Crippen LogP) is 2.65. The number of carbonyl (C=O) groups is 1. The molecule has 1 aromatic carbocycles. The van der Waals surface area contributed by atoms with Crippen LogP contribution in [0.15, 0.2) is 18.2 Å². The van der Waals surface area contributed by atoms with Crippen molar-refractivity contribution in [3.8, 4) is 11.5 Å². The summed E-state index contributed by atoms with van der Waals surface area (Å²) in [5.41, 5.74) is 0.536. The van der Waals surface area contributed by atoms with Crippen LogP contribution in [0.1, 0.15) is 26.7 Å². The topological polar surface area (TPSA) is 38.8 Å². The van der Waals surface area contributed by atoms with Crippen LogP contribution < -0.4 is 14.4 Å². The zero-order valence-corrected chi connectivity index (χ0v) is 12.0. The van der Waals surface area contributed by atoms with Gasteiger partial charge in [-0.1, -0.05) is 0 Å². The van der Waals surface area contributed by atoms with Gasteiger partial charge in [-0.15, -0.1) is 0 Å². The molecule has 0 aromatic heterocycles. The fourth-order valence-electron chi connectivity index (χ4n) is 2.58. The first kappa shape index (κ1) is 13.7. The van der Waals surface area contributed by atoms with Crippen LogP contribution in [0.4, 0.5) is 5.69 Å². The first-order valence-corrected chi connectivity index (χ1v) is 6.53. The minimum Gasteiger partial charge on any atom is -0.493 e. The van der Waals surface area contributed by atoms with E-state index in [0.29, 0.717) is 17.9 Å². The van der Waals surface area contributed by atoms with E-state index in [1.165, 1.54) is 0 Å². The third-order valence-electron chi connectivity index (χ3n) is 3.82. The molecule has 2 rings (SSSR count). The van der Waals surface area contributed by atoms with E-state index in [2.05, 4.69) is 4.90 Å². The van der Waals surface area contributed by atoms with Crippen LogP contribution >= 0.6 is 0 Å². The Bertz CT molecular complexity index is 482. The molecule has 0 amide bonds. The summed E-state index contributed by atoms with van der Waals surface area (Å²) in [6.07, 6.45) is 1.56. The molecular formula is C15H21NO3. The van der Waals surface area contributed by atoms with Crippen molar-refractivity contribution in [3.05, 3.63) is 18.2 Å². The van der Waals surface area contributed by atoms with Crippen LogP contribution in [0, 0.1) is 0 Å². The molecule has 0 saturated carbocycles. The Hall–Kier alpha value is -1.71. The largest absolute Gasteiger partial charge is 0.493 e. The van der Waals surface area contributed by atoms with Gasteiger partial charge in [-0.25, -0.2) is 0 Å². The number of piperidine rings is 1. The molecular weight excluding hydrogens is 242 g/mol. The number of ketones is 1. The van der Waals surface area contributed by atoms with E-state index in [9.17, 15) is 4.79 Å². The molecule has 0 N–H and O–H groups in total.